The Labute approximate surface area is 127 Å². The van der Waals surface area contributed by atoms with Crippen molar-refractivity contribution in [2.45, 2.75) is 13.8 Å². The van der Waals surface area contributed by atoms with Gasteiger partial charge in [0.25, 0.3) is 5.91 Å². The quantitative estimate of drug-likeness (QED) is 0.853. The fourth-order valence-corrected chi connectivity index (χ4v) is 2.23. The third-order valence-electron chi connectivity index (χ3n) is 3.13. The first kappa shape index (κ1) is 14.7. The van der Waals surface area contributed by atoms with Gasteiger partial charge in [0.1, 0.15) is 5.75 Å². The highest BCUT2D eigenvalue weighted by Crippen LogP contribution is 2.30. The minimum Gasteiger partial charge on any atom is -0.507 e. The standard InChI is InChI=1S/C15H13Cl2NO2/c1-8-3-5-12(17)14(9(8)2)18-15(20)11-7-10(16)4-6-13(11)19/h3-7,19H,1-2H3,(H,18,20). The van der Waals surface area contributed by atoms with Crippen LogP contribution >= 0.6 is 23.2 Å². The van der Waals surface area contributed by atoms with Crippen molar-refractivity contribution < 1.29 is 9.90 Å². The molecule has 0 radical (unpaired) electrons. The largest absolute Gasteiger partial charge is 0.507 e. The van der Waals surface area contributed by atoms with E-state index < -0.39 is 5.91 Å². The smallest absolute Gasteiger partial charge is 0.259 e. The van der Waals surface area contributed by atoms with Crippen molar-refractivity contribution in [1.29, 1.82) is 0 Å². The summed E-state index contributed by atoms with van der Waals surface area (Å²) >= 11 is 11.9. The van der Waals surface area contributed by atoms with E-state index in [4.69, 9.17) is 23.2 Å². The molecule has 5 heteroatoms. The van der Waals surface area contributed by atoms with Crippen molar-refractivity contribution in [2.24, 2.45) is 0 Å². The van der Waals surface area contributed by atoms with Gasteiger partial charge < -0.3 is 10.4 Å². The fraction of sp³-hybridized carbons (Fsp3) is 0.133. The Morgan fingerprint density at radius 1 is 1.15 bits per heavy atom. The van der Waals surface area contributed by atoms with E-state index >= 15 is 0 Å². The van der Waals surface area contributed by atoms with Crippen LogP contribution in [0.4, 0.5) is 5.69 Å². The van der Waals surface area contributed by atoms with Crippen LogP contribution in [0.15, 0.2) is 30.3 Å². The third-order valence-corrected chi connectivity index (χ3v) is 3.68. The number of carbonyl (C=O) groups is 1. The summed E-state index contributed by atoms with van der Waals surface area (Å²) in [5.41, 5.74) is 2.54. The predicted octanol–water partition coefficient (Wildman–Crippen LogP) is 4.57. The summed E-state index contributed by atoms with van der Waals surface area (Å²) < 4.78 is 0. The Morgan fingerprint density at radius 3 is 2.55 bits per heavy atom. The molecule has 0 aliphatic rings. The molecule has 0 spiro atoms. The number of benzene rings is 2. The van der Waals surface area contributed by atoms with Crippen LogP contribution in [0.1, 0.15) is 21.5 Å². The summed E-state index contributed by atoms with van der Waals surface area (Å²) in [6.07, 6.45) is 0. The lowest BCUT2D eigenvalue weighted by atomic mass is 10.1. The molecule has 2 rings (SSSR count). The lowest BCUT2D eigenvalue weighted by Crippen LogP contribution is -2.13. The maximum Gasteiger partial charge on any atom is 0.259 e. The van der Waals surface area contributed by atoms with Crippen LogP contribution in [0.5, 0.6) is 5.75 Å². The van der Waals surface area contributed by atoms with E-state index in [9.17, 15) is 9.90 Å². The maximum absolute atomic E-state index is 12.2. The minimum atomic E-state index is -0.458. The van der Waals surface area contributed by atoms with E-state index in [2.05, 4.69) is 5.32 Å². The highest BCUT2D eigenvalue weighted by atomic mass is 35.5. The zero-order valence-electron chi connectivity index (χ0n) is 11.0. The molecule has 2 aromatic rings. The van der Waals surface area contributed by atoms with E-state index in [1.807, 2.05) is 19.9 Å². The Hall–Kier alpha value is -1.71. The zero-order valence-corrected chi connectivity index (χ0v) is 12.5. The molecule has 0 heterocycles. The first-order valence-electron chi connectivity index (χ1n) is 5.95. The number of nitrogens with one attached hydrogen (secondary N) is 1. The fourth-order valence-electron chi connectivity index (χ4n) is 1.81. The zero-order chi connectivity index (χ0) is 14.9. The van der Waals surface area contributed by atoms with Gasteiger partial charge in [0.05, 0.1) is 16.3 Å². The summed E-state index contributed by atoms with van der Waals surface area (Å²) in [6.45, 7) is 3.80. The van der Waals surface area contributed by atoms with E-state index in [-0.39, 0.29) is 11.3 Å². The van der Waals surface area contributed by atoms with E-state index in [0.29, 0.717) is 15.7 Å². The molecular weight excluding hydrogens is 297 g/mol. The molecule has 0 aliphatic heterocycles. The van der Waals surface area contributed by atoms with Crippen molar-refractivity contribution in [2.75, 3.05) is 5.32 Å². The Morgan fingerprint density at radius 2 is 1.85 bits per heavy atom. The summed E-state index contributed by atoms with van der Waals surface area (Å²) in [4.78, 5) is 12.2. The normalized spacial score (nSPS) is 10.4. The number of aromatic hydroxyl groups is 1. The maximum atomic E-state index is 12.2. The number of phenolic OH excluding ortho intramolecular Hbond substituents is 1. The van der Waals surface area contributed by atoms with Crippen molar-refractivity contribution in [3.63, 3.8) is 0 Å². The van der Waals surface area contributed by atoms with Gasteiger partial charge in [-0.05, 0) is 49.2 Å². The molecule has 0 aromatic heterocycles. The van der Waals surface area contributed by atoms with Crippen LogP contribution in [0.2, 0.25) is 10.0 Å². The Balaban J connectivity index is 2.38. The molecule has 0 aliphatic carbocycles. The van der Waals surface area contributed by atoms with Crippen LogP contribution in [-0.4, -0.2) is 11.0 Å². The van der Waals surface area contributed by atoms with Crippen LogP contribution in [0.25, 0.3) is 0 Å². The second-order valence-corrected chi connectivity index (χ2v) is 5.32. The third kappa shape index (κ3) is 2.89. The molecule has 20 heavy (non-hydrogen) atoms. The van der Waals surface area contributed by atoms with Gasteiger partial charge in [0.15, 0.2) is 0 Å². The highest BCUT2D eigenvalue weighted by molar-refractivity contribution is 6.34. The number of anilines is 1. The van der Waals surface area contributed by atoms with Gasteiger partial charge in [-0.2, -0.15) is 0 Å². The number of hydrogen-bond donors (Lipinski definition) is 2. The van der Waals surface area contributed by atoms with Gasteiger partial charge in [-0.25, -0.2) is 0 Å². The average molecular weight is 310 g/mol. The second kappa shape index (κ2) is 5.73. The summed E-state index contributed by atoms with van der Waals surface area (Å²) in [7, 11) is 0. The number of rotatable bonds is 2. The van der Waals surface area contributed by atoms with Crippen LogP contribution in [0.3, 0.4) is 0 Å². The van der Waals surface area contributed by atoms with Crippen LogP contribution in [0, 0.1) is 13.8 Å². The topological polar surface area (TPSA) is 49.3 Å². The van der Waals surface area contributed by atoms with Crippen molar-refractivity contribution in [3.8, 4) is 5.75 Å². The molecule has 0 bridgehead atoms. The van der Waals surface area contributed by atoms with E-state index in [1.54, 1.807) is 6.07 Å². The van der Waals surface area contributed by atoms with Crippen LogP contribution < -0.4 is 5.32 Å². The van der Waals surface area contributed by atoms with Gasteiger partial charge in [0, 0.05) is 5.02 Å². The molecular formula is C15H13Cl2NO2. The molecule has 0 saturated heterocycles. The highest BCUT2D eigenvalue weighted by Gasteiger charge is 2.15. The average Bonchev–Trinajstić information content (AvgIpc) is 2.41. The van der Waals surface area contributed by atoms with Gasteiger partial charge in [-0.1, -0.05) is 29.3 Å². The minimum absolute atomic E-state index is 0.106. The Kier molecular flexibility index (Phi) is 4.21. The summed E-state index contributed by atoms with van der Waals surface area (Å²) in [6, 6.07) is 7.90. The van der Waals surface area contributed by atoms with Gasteiger partial charge in [-0.15, -0.1) is 0 Å². The SMILES string of the molecule is Cc1ccc(Cl)c(NC(=O)c2cc(Cl)ccc2O)c1C. The molecule has 2 aromatic carbocycles. The predicted molar refractivity (Wildman–Crippen MR) is 82.0 cm³/mol. The second-order valence-electron chi connectivity index (χ2n) is 4.48. The summed E-state index contributed by atoms with van der Waals surface area (Å²) in [5.74, 6) is -0.589. The lowest BCUT2D eigenvalue weighted by Gasteiger charge is -2.13. The van der Waals surface area contributed by atoms with E-state index in [1.165, 1.54) is 18.2 Å². The lowest BCUT2D eigenvalue weighted by molar-refractivity contribution is 0.102. The van der Waals surface area contributed by atoms with Gasteiger partial charge in [-0.3, -0.25) is 4.79 Å². The molecule has 3 nitrogen and oxygen atoms in total. The molecule has 0 fully saturated rings. The first-order chi connectivity index (χ1) is 9.40. The van der Waals surface area contributed by atoms with Gasteiger partial charge in [0.2, 0.25) is 0 Å². The molecule has 0 atom stereocenters. The van der Waals surface area contributed by atoms with Gasteiger partial charge >= 0.3 is 0 Å². The first-order valence-corrected chi connectivity index (χ1v) is 6.71. The molecule has 2 N–H and O–H groups in total. The number of amides is 1. The summed E-state index contributed by atoms with van der Waals surface area (Å²) in [5, 5.41) is 13.3. The van der Waals surface area contributed by atoms with Crippen molar-refractivity contribution in [1.82, 2.24) is 0 Å². The molecule has 0 unspecified atom stereocenters. The number of carbonyl (C=O) groups excluding carboxylic acids is 1. The number of aryl methyl sites for hydroxylation is 1. The number of phenols is 1. The Bertz CT molecular complexity index is 684. The van der Waals surface area contributed by atoms with E-state index in [0.717, 1.165) is 11.1 Å². The number of halogens is 2. The monoisotopic (exact) mass is 309 g/mol. The molecule has 1 amide bonds. The van der Waals surface area contributed by atoms with Crippen molar-refractivity contribution >= 4 is 34.8 Å². The molecule has 104 valence electrons. The van der Waals surface area contributed by atoms with Crippen LogP contribution in [-0.2, 0) is 0 Å². The van der Waals surface area contributed by atoms with Crippen molar-refractivity contribution in [3.05, 3.63) is 57.1 Å². The number of hydrogen-bond acceptors (Lipinski definition) is 2. The molecule has 0 saturated carbocycles.